The standard InChI is InChI=1S/C20H26N2O2/c1-20(2,3)15-6-10-17(11-7-15)24-18-12-8-16(9-13-18)21-19(23)14-22(4)5/h6-13H,14H2,1-5H3,(H,21,23). The highest BCUT2D eigenvalue weighted by molar-refractivity contribution is 5.92. The predicted octanol–water partition coefficient (Wildman–Crippen LogP) is 4.28. The number of benzene rings is 2. The molecule has 0 aliphatic rings. The Kier molecular flexibility index (Phi) is 5.62. The number of ether oxygens (including phenoxy) is 1. The van der Waals surface area contributed by atoms with Crippen molar-refractivity contribution in [3.8, 4) is 11.5 Å². The second-order valence-electron chi connectivity index (χ2n) is 7.19. The fraction of sp³-hybridized carbons (Fsp3) is 0.350. The van der Waals surface area contributed by atoms with E-state index in [9.17, 15) is 4.79 Å². The van der Waals surface area contributed by atoms with E-state index in [4.69, 9.17) is 4.74 Å². The van der Waals surface area contributed by atoms with Gasteiger partial charge in [-0.1, -0.05) is 32.9 Å². The second-order valence-corrected chi connectivity index (χ2v) is 7.19. The molecule has 0 saturated heterocycles. The number of nitrogens with zero attached hydrogens (tertiary/aromatic N) is 1. The van der Waals surface area contributed by atoms with Gasteiger partial charge >= 0.3 is 0 Å². The summed E-state index contributed by atoms with van der Waals surface area (Å²) in [5.74, 6) is 1.50. The smallest absolute Gasteiger partial charge is 0.238 e. The Hall–Kier alpha value is -2.33. The topological polar surface area (TPSA) is 41.6 Å². The van der Waals surface area contributed by atoms with Crippen LogP contribution in [0, 0.1) is 0 Å². The van der Waals surface area contributed by atoms with Gasteiger partial charge in [0.25, 0.3) is 0 Å². The van der Waals surface area contributed by atoms with Gasteiger partial charge in [-0.05, 0) is 61.5 Å². The number of rotatable bonds is 5. The van der Waals surface area contributed by atoms with Gasteiger partial charge in [0.05, 0.1) is 6.54 Å². The predicted molar refractivity (Wildman–Crippen MR) is 98.8 cm³/mol. The van der Waals surface area contributed by atoms with Gasteiger partial charge in [0.2, 0.25) is 5.91 Å². The quantitative estimate of drug-likeness (QED) is 0.892. The van der Waals surface area contributed by atoms with E-state index in [1.165, 1.54) is 5.56 Å². The molecule has 128 valence electrons. The molecule has 2 aromatic carbocycles. The van der Waals surface area contributed by atoms with Gasteiger partial charge in [-0.2, -0.15) is 0 Å². The minimum atomic E-state index is -0.0357. The number of nitrogens with one attached hydrogen (secondary N) is 1. The number of carbonyl (C=O) groups is 1. The third kappa shape index (κ3) is 5.39. The van der Waals surface area contributed by atoms with Gasteiger partial charge in [-0.3, -0.25) is 4.79 Å². The van der Waals surface area contributed by atoms with E-state index in [1.54, 1.807) is 0 Å². The van der Waals surface area contributed by atoms with E-state index < -0.39 is 0 Å². The Labute approximate surface area is 144 Å². The molecule has 0 bridgehead atoms. The fourth-order valence-electron chi connectivity index (χ4n) is 2.25. The van der Waals surface area contributed by atoms with E-state index in [0.29, 0.717) is 6.54 Å². The lowest BCUT2D eigenvalue weighted by atomic mass is 9.87. The number of hydrogen-bond acceptors (Lipinski definition) is 3. The molecule has 4 nitrogen and oxygen atoms in total. The van der Waals surface area contributed by atoms with Crippen LogP contribution in [0.15, 0.2) is 48.5 Å². The molecule has 1 amide bonds. The van der Waals surface area contributed by atoms with Gasteiger partial charge < -0.3 is 15.0 Å². The zero-order valence-electron chi connectivity index (χ0n) is 15.1. The SMILES string of the molecule is CN(C)CC(=O)Nc1ccc(Oc2ccc(C(C)(C)C)cc2)cc1. The molecule has 0 aliphatic carbocycles. The van der Waals surface area contributed by atoms with Gasteiger partial charge in [0.1, 0.15) is 11.5 Å². The van der Waals surface area contributed by atoms with Crippen LogP contribution in [0.5, 0.6) is 11.5 Å². The number of hydrogen-bond donors (Lipinski definition) is 1. The number of carbonyl (C=O) groups excluding carboxylic acids is 1. The highest BCUT2D eigenvalue weighted by Crippen LogP contribution is 2.27. The lowest BCUT2D eigenvalue weighted by Crippen LogP contribution is -2.26. The molecule has 0 radical (unpaired) electrons. The first-order valence-corrected chi connectivity index (χ1v) is 8.07. The number of amides is 1. The van der Waals surface area contributed by atoms with Crippen molar-refractivity contribution in [2.24, 2.45) is 0 Å². The molecule has 2 aromatic rings. The molecule has 0 unspecified atom stereocenters. The average Bonchev–Trinajstić information content (AvgIpc) is 2.48. The van der Waals surface area contributed by atoms with Crippen LogP contribution in [-0.4, -0.2) is 31.4 Å². The molecular formula is C20H26N2O2. The van der Waals surface area contributed by atoms with Crippen molar-refractivity contribution in [3.63, 3.8) is 0 Å². The van der Waals surface area contributed by atoms with Crippen molar-refractivity contribution < 1.29 is 9.53 Å². The Morgan fingerprint density at radius 2 is 1.46 bits per heavy atom. The summed E-state index contributed by atoms with van der Waals surface area (Å²) in [6.45, 7) is 6.92. The van der Waals surface area contributed by atoms with E-state index in [0.717, 1.165) is 17.2 Å². The first-order valence-electron chi connectivity index (χ1n) is 8.07. The van der Waals surface area contributed by atoms with Crippen molar-refractivity contribution in [1.82, 2.24) is 4.90 Å². The molecule has 0 saturated carbocycles. The first kappa shape index (κ1) is 18.0. The van der Waals surface area contributed by atoms with Gasteiger partial charge in [0, 0.05) is 5.69 Å². The van der Waals surface area contributed by atoms with Gasteiger partial charge in [0.15, 0.2) is 0 Å². The molecule has 1 N–H and O–H groups in total. The van der Waals surface area contributed by atoms with E-state index in [2.05, 4.69) is 38.2 Å². The van der Waals surface area contributed by atoms with Gasteiger partial charge in [-0.25, -0.2) is 0 Å². The van der Waals surface area contributed by atoms with Crippen molar-refractivity contribution in [1.29, 1.82) is 0 Å². The maximum atomic E-state index is 11.7. The normalized spacial score (nSPS) is 11.4. The fourth-order valence-corrected chi connectivity index (χ4v) is 2.25. The summed E-state index contributed by atoms with van der Waals surface area (Å²) in [6, 6.07) is 15.5. The average molecular weight is 326 g/mol. The van der Waals surface area contributed by atoms with Crippen molar-refractivity contribution in [2.45, 2.75) is 26.2 Å². The Morgan fingerprint density at radius 3 is 1.92 bits per heavy atom. The van der Waals surface area contributed by atoms with Crippen molar-refractivity contribution >= 4 is 11.6 Å². The molecule has 0 aromatic heterocycles. The zero-order chi connectivity index (χ0) is 17.7. The summed E-state index contributed by atoms with van der Waals surface area (Å²) in [7, 11) is 3.73. The lowest BCUT2D eigenvalue weighted by Gasteiger charge is -2.19. The Bertz CT molecular complexity index is 668. The Morgan fingerprint density at radius 1 is 0.958 bits per heavy atom. The van der Waals surface area contributed by atoms with Gasteiger partial charge in [-0.15, -0.1) is 0 Å². The third-order valence-corrected chi connectivity index (χ3v) is 3.55. The molecule has 0 aliphatic heterocycles. The lowest BCUT2D eigenvalue weighted by molar-refractivity contribution is -0.116. The van der Waals surface area contributed by atoms with Crippen LogP contribution >= 0.6 is 0 Å². The summed E-state index contributed by atoms with van der Waals surface area (Å²) < 4.78 is 5.85. The van der Waals surface area contributed by atoms with Crippen LogP contribution < -0.4 is 10.1 Å². The van der Waals surface area contributed by atoms with Crippen LogP contribution in [-0.2, 0) is 10.2 Å². The monoisotopic (exact) mass is 326 g/mol. The maximum Gasteiger partial charge on any atom is 0.238 e. The summed E-state index contributed by atoms with van der Waals surface area (Å²) >= 11 is 0. The minimum absolute atomic E-state index is 0.0357. The number of likely N-dealkylation sites (N-methyl/N-ethyl adjacent to an activating group) is 1. The van der Waals surface area contributed by atoms with Crippen LogP contribution in [0.2, 0.25) is 0 Å². The Balaban J connectivity index is 1.97. The summed E-state index contributed by atoms with van der Waals surface area (Å²) in [6.07, 6.45) is 0. The summed E-state index contributed by atoms with van der Waals surface area (Å²) in [5.41, 5.74) is 2.16. The largest absolute Gasteiger partial charge is 0.457 e. The van der Waals surface area contributed by atoms with Crippen LogP contribution in [0.25, 0.3) is 0 Å². The minimum Gasteiger partial charge on any atom is -0.457 e. The number of anilines is 1. The highest BCUT2D eigenvalue weighted by Gasteiger charge is 2.13. The first-order chi connectivity index (χ1) is 11.2. The zero-order valence-corrected chi connectivity index (χ0v) is 15.1. The molecule has 2 rings (SSSR count). The van der Waals surface area contributed by atoms with Crippen molar-refractivity contribution in [3.05, 3.63) is 54.1 Å². The third-order valence-electron chi connectivity index (χ3n) is 3.55. The summed E-state index contributed by atoms with van der Waals surface area (Å²) in [4.78, 5) is 13.6. The van der Waals surface area contributed by atoms with Crippen molar-refractivity contribution in [2.75, 3.05) is 26.0 Å². The molecular weight excluding hydrogens is 300 g/mol. The van der Waals surface area contributed by atoms with E-state index >= 15 is 0 Å². The molecule has 0 atom stereocenters. The molecule has 0 fully saturated rings. The van der Waals surface area contributed by atoms with Crippen LogP contribution in [0.4, 0.5) is 5.69 Å². The molecule has 0 heterocycles. The molecule has 4 heteroatoms. The van der Waals surface area contributed by atoms with Crippen LogP contribution in [0.1, 0.15) is 26.3 Å². The molecule has 0 spiro atoms. The second kappa shape index (κ2) is 7.49. The van der Waals surface area contributed by atoms with E-state index in [-0.39, 0.29) is 11.3 Å². The summed E-state index contributed by atoms with van der Waals surface area (Å²) in [5, 5.41) is 2.85. The van der Waals surface area contributed by atoms with E-state index in [1.807, 2.05) is 55.4 Å². The van der Waals surface area contributed by atoms with Crippen LogP contribution in [0.3, 0.4) is 0 Å². The molecule has 24 heavy (non-hydrogen) atoms. The highest BCUT2D eigenvalue weighted by atomic mass is 16.5. The maximum absolute atomic E-state index is 11.7.